The van der Waals surface area contributed by atoms with Crippen molar-refractivity contribution >= 4 is 39.9 Å². The molecular weight excluding hydrogens is 275 g/mol. The molecule has 0 aliphatic rings. The Labute approximate surface area is 82.4 Å². The van der Waals surface area contributed by atoms with Crippen LogP contribution in [-0.2, 0) is 11.2 Å². The minimum Gasteiger partial charge on any atom is -0.480 e. The van der Waals surface area contributed by atoms with Gasteiger partial charge in [0.15, 0.2) is 0 Å². The maximum atomic E-state index is 10.4. The fourth-order valence-corrected chi connectivity index (χ4v) is 1.89. The molecule has 1 heterocycles. The van der Waals surface area contributed by atoms with Gasteiger partial charge in [-0.25, -0.2) is 0 Å². The molecular formula is C7H7IO2S. The molecule has 1 rings (SSSR count). The number of halogens is 1. The van der Waals surface area contributed by atoms with E-state index in [-0.39, 0.29) is 3.92 Å². The van der Waals surface area contributed by atoms with Crippen molar-refractivity contribution in [2.75, 3.05) is 0 Å². The first-order valence-corrected chi connectivity index (χ1v) is 5.27. The predicted octanol–water partition coefficient (Wildman–Crippen LogP) is 2.18. The van der Waals surface area contributed by atoms with Gasteiger partial charge < -0.3 is 5.11 Å². The Balaban J connectivity index is 2.50. The van der Waals surface area contributed by atoms with Gasteiger partial charge >= 0.3 is 5.97 Å². The second kappa shape index (κ2) is 4.06. The van der Waals surface area contributed by atoms with Crippen LogP contribution in [0.15, 0.2) is 16.8 Å². The molecule has 4 heteroatoms. The van der Waals surface area contributed by atoms with Crippen LogP contribution in [0.1, 0.15) is 5.56 Å². The molecule has 0 fully saturated rings. The highest BCUT2D eigenvalue weighted by atomic mass is 127. The van der Waals surface area contributed by atoms with E-state index in [1.807, 2.05) is 39.4 Å². The summed E-state index contributed by atoms with van der Waals surface area (Å²) in [5, 5.41) is 12.5. The van der Waals surface area contributed by atoms with Gasteiger partial charge in [-0.15, -0.1) is 0 Å². The molecule has 0 aliphatic heterocycles. The Morgan fingerprint density at radius 3 is 3.00 bits per heavy atom. The molecule has 0 bridgehead atoms. The van der Waals surface area contributed by atoms with Gasteiger partial charge in [0.05, 0.1) is 0 Å². The Morgan fingerprint density at radius 2 is 2.55 bits per heavy atom. The van der Waals surface area contributed by atoms with Crippen molar-refractivity contribution in [3.05, 3.63) is 22.4 Å². The van der Waals surface area contributed by atoms with Crippen molar-refractivity contribution < 1.29 is 9.90 Å². The van der Waals surface area contributed by atoms with Crippen LogP contribution in [0.4, 0.5) is 0 Å². The standard InChI is InChI=1S/C7H7IO2S/c8-6(7(9)10)3-5-1-2-11-4-5/h1-2,4,6H,3H2,(H,9,10). The van der Waals surface area contributed by atoms with E-state index in [1.54, 1.807) is 11.3 Å². The Morgan fingerprint density at radius 1 is 1.82 bits per heavy atom. The van der Waals surface area contributed by atoms with Gasteiger partial charge in [-0.3, -0.25) is 4.79 Å². The van der Waals surface area contributed by atoms with Gasteiger partial charge in [-0.05, 0) is 28.8 Å². The number of rotatable bonds is 3. The maximum absolute atomic E-state index is 10.4. The Kier molecular flexibility index (Phi) is 3.32. The van der Waals surface area contributed by atoms with Crippen LogP contribution in [0.2, 0.25) is 0 Å². The molecule has 0 amide bonds. The maximum Gasteiger partial charge on any atom is 0.316 e. The van der Waals surface area contributed by atoms with E-state index in [4.69, 9.17) is 5.11 Å². The number of carboxylic acids is 1. The molecule has 1 aromatic rings. The molecule has 1 aromatic heterocycles. The van der Waals surface area contributed by atoms with Gasteiger partial charge in [-0.1, -0.05) is 22.6 Å². The number of thiophene rings is 1. The lowest BCUT2D eigenvalue weighted by Gasteiger charge is -2.00. The first-order valence-electron chi connectivity index (χ1n) is 3.08. The molecule has 1 unspecified atom stereocenters. The molecule has 0 aliphatic carbocycles. The topological polar surface area (TPSA) is 37.3 Å². The smallest absolute Gasteiger partial charge is 0.316 e. The first-order chi connectivity index (χ1) is 5.20. The molecule has 1 atom stereocenters. The van der Waals surface area contributed by atoms with Crippen molar-refractivity contribution in [1.29, 1.82) is 0 Å². The average molecular weight is 282 g/mol. The quantitative estimate of drug-likeness (QED) is 0.681. The van der Waals surface area contributed by atoms with Crippen LogP contribution >= 0.6 is 33.9 Å². The third-order valence-corrected chi connectivity index (χ3v) is 2.97. The second-order valence-corrected chi connectivity index (χ2v) is 4.43. The predicted molar refractivity (Wildman–Crippen MR) is 53.5 cm³/mol. The zero-order valence-electron chi connectivity index (χ0n) is 5.66. The summed E-state index contributed by atoms with van der Waals surface area (Å²) < 4.78 is -0.304. The lowest BCUT2D eigenvalue weighted by molar-refractivity contribution is -0.135. The lowest BCUT2D eigenvalue weighted by atomic mass is 10.2. The highest BCUT2D eigenvalue weighted by Crippen LogP contribution is 2.13. The summed E-state index contributed by atoms with van der Waals surface area (Å²) in [7, 11) is 0. The molecule has 1 N–H and O–H groups in total. The molecule has 0 aromatic carbocycles. The van der Waals surface area contributed by atoms with E-state index in [0.29, 0.717) is 6.42 Å². The largest absolute Gasteiger partial charge is 0.480 e. The third kappa shape index (κ3) is 2.78. The number of carboxylic acid groups (broad SMARTS) is 1. The van der Waals surface area contributed by atoms with Crippen molar-refractivity contribution in [2.24, 2.45) is 0 Å². The van der Waals surface area contributed by atoms with E-state index in [0.717, 1.165) is 5.56 Å². The number of hydrogen-bond acceptors (Lipinski definition) is 2. The van der Waals surface area contributed by atoms with Gasteiger partial charge in [-0.2, -0.15) is 11.3 Å². The molecule has 0 saturated heterocycles. The third-order valence-electron chi connectivity index (χ3n) is 1.26. The molecule has 11 heavy (non-hydrogen) atoms. The Hall–Kier alpha value is -0.100. The summed E-state index contributed by atoms with van der Waals surface area (Å²) in [6.07, 6.45) is 0.624. The molecule has 0 radical (unpaired) electrons. The lowest BCUT2D eigenvalue weighted by Crippen LogP contribution is -2.14. The van der Waals surface area contributed by atoms with Crippen molar-refractivity contribution in [3.63, 3.8) is 0 Å². The van der Waals surface area contributed by atoms with Crippen molar-refractivity contribution in [3.8, 4) is 0 Å². The summed E-state index contributed by atoms with van der Waals surface area (Å²) in [6, 6.07) is 1.96. The number of carbonyl (C=O) groups is 1. The van der Waals surface area contributed by atoms with E-state index in [1.165, 1.54) is 0 Å². The van der Waals surface area contributed by atoms with Gasteiger partial charge in [0.2, 0.25) is 0 Å². The summed E-state index contributed by atoms with van der Waals surface area (Å²) >= 11 is 3.53. The molecule has 60 valence electrons. The van der Waals surface area contributed by atoms with Crippen LogP contribution in [0.3, 0.4) is 0 Å². The average Bonchev–Trinajstić information content (AvgIpc) is 2.39. The minimum absolute atomic E-state index is 0.304. The van der Waals surface area contributed by atoms with Crippen LogP contribution < -0.4 is 0 Å². The van der Waals surface area contributed by atoms with Crippen LogP contribution in [-0.4, -0.2) is 15.0 Å². The van der Waals surface area contributed by atoms with Crippen LogP contribution in [0.25, 0.3) is 0 Å². The van der Waals surface area contributed by atoms with Gasteiger partial charge in [0.25, 0.3) is 0 Å². The van der Waals surface area contributed by atoms with Crippen molar-refractivity contribution in [2.45, 2.75) is 10.3 Å². The normalized spacial score (nSPS) is 12.8. The second-order valence-electron chi connectivity index (χ2n) is 2.14. The highest BCUT2D eigenvalue weighted by molar-refractivity contribution is 14.1. The highest BCUT2D eigenvalue weighted by Gasteiger charge is 2.12. The summed E-state index contributed by atoms with van der Waals surface area (Å²) in [5.41, 5.74) is 1.11. The van der Waals surface area contributed by atoms with Gasteiger partial charge in [0, 0.05) is 0 Å². The molecule has 0 saturated carbocycles. The fourth-order valence-electron chi connectivity index (χ4n) is 0.703. The molecule has 0 spiro atoms. The van der Waals surface area contributed by atoms with E-state index < -0.39 is 5.97 Å². The van der Waals surface area contributed by atoms with Crippen LogP contribution in [0, 0.1) is 0 Å². The van der Waals surface area contributed by atoms with Crippen LogP contribution in [0.5, 0.6) is 0 Å². The van der Waals surface area contributed by atoms with Crippen molar-refractivity contribution in [1.82, 2.24) is 0 Å². The zero-order chi connectivity index (χ0) is 8.27. The fraction of sp³-hybridized carbons (Fsp3) is 0.286. The Bertz CT molecular complexity index is 233. The van der Waals surface area contributed by atoms with E-state index in [9.17, 15) is 4.79 Å². The summed E-state index contributed by atoms with van der Waals surface area (Å²) in [4.78, 5) is 10.4. The van der Waals surface area contributed by atoms with Gasteiger partial charge in [0.1, 0.15) is 3.92 Å². The summed E-state index contributed by atoms with van der Waals surface area (Å²) in [6.45, 7) is 0. The first kappa shape index (κ1) is 8.99. The zero-order valence-corrected chi connectivity index (χ0v) is 8.63. The number of hydrogen-bond donors (Lipinski definition) is 1. The SMILES string of the molecule is O=C(O)C(I)Cc1ccsc1. The molecule has 2 nitrogen and oxygen atoms in total. The van der Waals surface area contributed by atoms with E-state index >= 15 is 0 Å². The summed E-state index contributed by atoms with van der Waals surface area (Å²) in [5.74, 6) is -0.739. The number of alkyl halides is 1. The number of aliphatic carboxylic acids is 1. The monoisotopic (exact) mass is 282 g/mol. The minimum atomic E-state index is -0.739. The van der Waals surface area contributed by atoms with E-state index in [2.05, 4.69) is 0 Å².